The highest BCUT2D eigenvalue weighted by atomic mass is 35.5. The van der Waals surface area contributed by atoms with Crippen molar-refractivity contribution in [2.75, 3.05) is 18.5 Å². The summed E-state index contributed by atoms with van der Waals surface area (Å²) in [6.45, 7) is 1.12. The molecular weight excluding hydrogens is 516 g/mol. The van der Waals surface area contributed by atoms with Crippen molar-refractivity contribution in [3.63, 3.8) is 0 Å². The maximum absolute atomic E-state index is 13.0. The van der Waals surface area contributed by atoms with Gasteiger partial charge in [0, 0.05) is 5.56 Å². The Balaban J connectivity index is 1.33. The van der Waals surface area contributed by atoms with Crippen LogP contribution in [-0.4, -0.2) is 48.0 Å². The van der Waals surface area contributed by atoms with Crippen LogP contribution in [0.5, 0.6) is 0 Å². The minimum Gasteiger partial charge on any atom is -0.476 e. The van der Waals surface area contributed by atoms with Crippen LogP contribution in [0.15, 0.2) is 69.0 Å². The third kappa shape index (κ3) is 4.73. The van der Waals surface area contributed by atoms with Gasteiger partial charge in [-0.05, 0) is 42.5 Å². The van der Waals surface area contributed by atoms with Crippen molar-refractivity contribution in [3.05, 3.63) is 75.2 Å². The number of nitrogens with zero attached hydrogens (tertiary/aromatic N) is 4. The van der Waals surface area contributed by atoms with Gasteiger partial charge in [-0.1, -0.05) is 11.6 Å². The Labute approximate surface area is 207 Å². The lowest BCUT2D eigenvalue weighted by atomic mass is 10.1. The van der Waals surface area contributed by atoms with Gasteiger partial charge in [-0.3, -0.25) is 9.36 Å². The van der Waals surface area contributed by atoms with Gasteiger partial charge in [0.1, 0.15) is 23.0 Å². The van der Waals surface area contributed by atoms with Crippen molar-refractivity contribution in [2.45, 2.75) is 4.21 Å². The monoisotopic (exact) mass is 530 g/mol. The third-order valence-corrected chi connectivity index (χ3v) is 7.94. The van der Waals surface area contributed by atoms with Crippen molar-refractivity contribution < 1.29 is 17.9 Å². The average Bonchev–Trinajstić information content (AvgIpc) is 3.52. The van der Waals surface area contributed by atoms with Gasteiger partial charge >= 0.3 is 6.03 Å². The number of carbonyl (C=O) groups is 1. The number of hydrogen-bond donors (Lipinski definition) is 2. The summed E-state index contributed by atoms with van der Waals surface area (Å²) in [6, 6.07) is 9.86. The minimum absolute atomic E-state index is 0.0924. The summed E-state index contributed by atoms with van der Waals surface area (Å²) in [5.41, 5.74) is 1.12. The maximum Gasteiger partial charge on any atom is 0.333 e. The molecule has 2 amide bonds. The number of aliphatic imine (C=N–C) groups is 1. The van der Waals surface area contributed by atoms with Crippen LogP contribution in [0.25, 0.3) is 16.7 Å². The first-order valence-electron chi connectivity index (χ1n) is 10.0. The van der Waals surface area contributed by atoms with Crippen LogP contribution >= 0.6 is 22.9 Å². The quantitative estimate of drug-likeness (QED) is 0.403. The molecule has 0 unspecified atom stereocenters. The second-order valence-corrected chi connectivity index (χ2v) is 10.8. The maximum atomic E-state index is 13.0. The molecular formula is C21H15ClN6O5S2. The molecule has 4 heterocycles. The van der Waals surface area contributed by atoms with E-state index in [1.807, 2.05) is 4.72 Å². The van der Waals surface area contributed by atoms with E-state index >= 15 is 0 Å². The minimum atomic E-state index is -4.06. The third-order valence-electron chi connectivity index (χ3n) is 4.88. The highest BCUT2D eigenvalue weighted by molar-refractivity contribution is 7.92. The van der Waals surface area contributed by atoms with Gasteiger partial charge in [-0.25, -0.2) is 32.9 Å². The number of sulfonamides is 1. The number of anilines is 1. The summed E-state index contributed by atoms with van der Waals surface area (Å²) < 4.78 is 33.3. The lowest BCUT2D eigenvalue weighted by Crippen LogP contribution is -2.34. The second-order valence-electron chi connectivity index (χ2n) is 7.21. The Hall–Kier alpha value is -3.81. The van der Waals surface area contributed by atoms with Crippen LogP contribution in [0.4, 0.5) is 10.5 Å². The molecule has 0 fully saturated rings. The van der Waals surface area contributed by atoms with E-state index in [1.54, 1.807) is 18.2 Å². The zero-order valence-electron chi connectivity index (χ0n) is 17.6. The number of aromatic nitrogens is 3. The van der Waals surface area contributed by atoms with Gasteiger partial charge in [0.25, 0.3) is 15.6 Å². The van der Waals surface area contributed by atoms with Crippen molar-refractivity contribution in [1.82, 2.24) is 19.3 Å². The molecule has 0 spiro atoms. The van der Waals surface area contributed by atoms with Gasteiger partial charge in [0.15, 0.2) is 0 Å². The van der Waals surface area contributed by atoms with E-state index in [4.69, 9.17) is 16.3 Å². The molecule has 35 heavy (non-hydrogen) atoms. The topological polar surface area (TPSA) is 145 Å². The number of pyridine rings is 1. The van der Waals surface area contributed by atoms with E-state index < -0.39 is 16.1 Å². The predicted octanol–water partition coefficient (Wildman–Crippen LogP) is 2.78. The van der Waals surface area contributed by atoms with Gasteiger partial charge in [-0.2, -0.15) is 0 Å². The zero-order valence-corrected chi connectivity index (χ0v) is 20.0. The summed E-state index contributed by atoms with van der Waals surface area (Å²) in [5.74, 6) is 0.794. The highest BCUT2D eigenvalue weighted by Gasteiger charge is 2.20. The van der Waals surface area contributed by atoms with Crippen LogP contribution in [-0.2, 0) is 14.8 Å². The molecule has 0 bridgehead atoms. The average molecular weight is 531 g/mol. The molecule has 0 saturated heterocycles. The Bertz CT molecular complexity index is 1650. The Kier molecular flexibility index (Phi) is 5.96. The van der Waals surface area contributed by atoms with Crippen molar-refractivity contribution >= 4 is 61.5 Å². The van der Waals surface area contributed by atoms with Gasteiger partial charge in [0.2, 0.25) is 5.90 Å². The van der Waals surface area contributed by atoms with Gasteiger partial charge in [0.05, 0.1) is 33.7 Å². The molecule has 11 nitrogen and oxygen atoms in total. The molecule has 5 rings (SSSR count). The summed E-state index contributed by atoms with van der Waals surface area (Å²) in [7, 11) is -4.06. The number of halogens is 1. The number of hydrogen-bond acceptors (Lipinski definition) is 9. The molecule has 2 N–H and O–H groups in total. The lowest BCUT2D eigenvalue weighted by molar-refractivity contribution is 0.256. The van der Waals surface area contributed by atoms with E-state index in [1.165, 1.54) is 41.4 Å². The van der Waals surface area contributed by atoms with Crippen LogP contribution in [0, 0.1) is 0 Å². The van der Waals surface area contributed by atoms with Crippen LogP contribution in [0.3, 0.4) is 0 Å². The fourth-order valence-corrected chi connectivity index (χ4v) is 5.69. The van der Waals surface area contributed by atoms with E-state index in [0.29, 0.717) is 30.0 Å². The Morgan fingerprint density at radius 2 is 2.00 bits per heavy atom. The largest absolute Gasteiger partial charge is 0.476 e. The predicted molar refractivity (Wildman–Crippen MR) is 131 cm³/mol. The second kappa shape index (κ2) is 9.09. The molecule has 178 valence electrons. The van der Waals surface area contributed by atoms with Gasteiger partial charge < -0.3 is 10.1 Å². The van der Waals surface area contributed by atoms with Gasteiger partial charge in [-0.15, -0.1) is 11.3 Å². The summed E-state index contributed by atoms with van der Waals surface area (Å²) in [6.07, 6.45) is 2.64. The molecule has 4 aromatic rings. The van der Waals surface area contributed by atoms with Crippen molar-refractivity contribution in [1.29, 1.82) is 0 Å². The molecule has 1 aromatic carbocycles. The molecule has 1 aliphatic heterocycles. The molecule has 0 atom stereocenters. The first-order chi connectivity index (χ1) is 16.8. The van der Waals surface area contributed by atoms with Crippen LogP contribution in [0.1, 0.15) is 5.56 Å². The number of benzene rings is 1. The highest BCUT2D eigenvalue weighted by Crippen LogP contribution is 2.25. The number of carbonyl (C=O) groups excluding carboxylic acids is 1. The van der Waals surface area contributed by atoms with Crippen LogP contribution < -0.4 is 15.6 Å². The van der Waals surface area contributed by atoms with Crippen LogP contribution in [0.2, 0.25) is 4.34 Å². The van der Waals surface area contributed by atoms with E-state index in [2.05, 4.69) is 20.3 Å². The number of nitrogens with one attached hydrogen (secondary N) is 2. The SMILES string of the molecule is O=C(Nc1ccc(-n2cnc3cc(C4=NCCO4)ccc3c2=O)nc1)NS(=O)(=O)c1ccc(Cl)s1. The molecule has 3 aromatic heterocycles. The number of urea groups is 1. The number of fused-ring (bicyclic) bond motifs is 1. The van der Waals surface area contributed by atoms with E-state index in [0.717, 1.165) is 16.9 Å². The van der Waals surface area contributed by atoms with Crippen molar-refractivity contribution in [2.24, 2.45) is 4.99 Å². The molecule has 0 aliphatic carbocycles. The smallest absolute Gasteiger partial charge is 0.333 e. The number of rotatable bonds is 5. The fraction of sp³-hybridized carbons (Fsp3) is 0.0952. The normalized spacial score (nSPS) is 13.3. The Morgan fingerprint density at radius 1 is 1.14 bits per heavy atom. The lowest BCUT2D eigenvalue weighted by Gasteiger charge is -2.09. The molecule has 0 radical (unpaired) electrons. The van der Waals surface area contributed by atoms with E-state index in [9.17, 15) is 18.0 Å². The van der Waals surface area contributed by atoms with Crippen molar-refractivity contribution in [3.8, 4) is 5.82 Å². The summed E-state index contributed by atoms with van der Waals surface area (Å²) in [5, 5.41) is 2.77. The Morgan fingerprint density at radius 3 is 2.69 bits per heavy atom. The zero-order chi connectivity index (χ0) is 24.6. The molecule has 14 heteroatoms. The molecule has 1 aliphatic rings. The number of ether oxygens (including phenoxy) is 1. The first-order valence-corrected chi connectivity index (χ1v) is 12.7. The summed E-state index contributed by atoms with van der Waals surface area (Å²) in [4.78, 5) is 37.9. The first kappa shape index (κ1) is 23.0. The van der Waals surface area contributed by atoms with E-state index in [-0.39, 0.29) is 25.6 Å². The standard InChI is InChI=1S/C21H15ClN6O5S2/c22-16-4-6-18(34-16)35(31,32)27-21(30)26-13-2-5-17(24-10-13)28-11-25-15-9-12(19-23-7-8-33-19)1-3-14(15)20(28)29/h1-6,9-11H,7-8H2,(H2,26,27,30). The number of thiophene rings is 1. The molecule has 0 saturated carbocycles. The number of amides is 2. The summed E-state index contributed by atoms with van der Waals surface area (Å²) >= 11 is 6.58. The fourth-order valence-electron chi connectivity index (χ4n) is 3.30.